The van der Waals surface area contributed by atoms with E-state index >= 15 is 0 Å². The number of nitrogens with zero attached hydrogens (tertiary/aromatic N) is 5. The van der Waals surface area contributed by atoms with Crippen molar-refractivity contribution in [3.63, 3.8) is 0 Å². The lowest BCUT2D eigenvalue weighted by molar-refractivity contribution is 0.467. The average Bonchev–Trinajstić information content (AvgIpc) is 3.21. The first-order valence-electron chi connectivity index (χ1n) is 9.55. The van der Waals surface area contributed by atoms with Crippen molar-refractivity contribution >= 4 is 47.2 Å². The van der Waals surface area contributed by atoms with Crippen molar-refractivity contribution < 1.29 is 0 Å². The van der Waals surface area contributed by atoms with Crippen LogP contribution in [0.4, 0.5) is 5.69 Å². The largest absolute Gasteiger partial charge is 0.368 e. The fraction of sp³-hybridized carbons (Fsp3) is 0.526. The summed E-state index contributed by atoms with van der Waals surface area (Å²) < 4.78 is 2.00. The lowest BCUT2D eigenvalue weighted by Gasteiger charge is -2.35. The second-order valence-corrected chi connectivity index (χ2v) is 7.19. The first-order chi connectivity index (χ1) is 13.3. The van der Waals surface area contributed by atoms with Crippen LogP contribution in [0.2, 0.25) is 5.02 Å². The summed E-state index contributed by atoms with van der Waals surface area (Å²) in [6.07, 6.45) is 7.92. The molecule has 2 aromatic rings. The van der Waals surface area contributed by atoms with Crippen molar-refractivity contribution in [1.82, 2.24) is 25.4 Å². The van der Waals surface area contributed by atoms with Gasteiger partial charge in [0.1, 0.15) is 12.7 Å². The van der Waals surface area contributed by atoms with Gasteiger partial charge in [0.05, 0.1) is 10.7 Å². The van der Waals surface area contributed by atoms with Gasteiger partial charge in [-0.3, -0.25) is 4.99 Å². The van der Waals surface area contributed by atoms with E-state index in [9.17, 15) is 0 Å². The van der Waals surface area contributed by atoms with Crippen molar-refractivity contribution in [3.8, 4) is 0 Å². The first-order valence-corrected chi connectivity index (χ1v) is 9.93. The number of hydrogen-bond acceptors (Lipinski definition) is 4. The minimum absolute atomic E-state index is 0. The summed E-state index contributed by atoms with van der Waals surface area (Å²) in [4.78, 5) is 6.73. The molecule has 2 N–H and O–H groups in total. The number of rotatable bonds is 7. The molecule has 0 bridgehead atoms. The lowest BCUT2D eigenvalue weighted by Crippen LogP contribution is -2.51. The van der Waals surface area contributed by atoms with E-state index in [1.54, 1.807) is 12.7 Å². The fourth-order valence-corrected chi connectivity index (χ4v) is 3.63. The molecule has 1 aromatic heterocycles. The number of benzene rings is 1. The lowest BCUT2D eigenvalue weighted by atomic mass is 10.0. The smallest absolute Gasteiger partial charge is 0.191 e. The molecule has 3 rings (SSSR count). The highest BCUT2D eigenvalue weighted by Gasteiger charge is 2.22. The highest BCUT2D eigenvalue weighted by molar-refractivity contribution is 14.0. The van der Waals surface area contributed by atoms with E-state index in [4.69, 9.17) is 11.6 Å². The molecule has 1 aromatic carbocycles. The molecule has 0 radical (unpaired) electrons. The molecule has 1 unspecified atom stereocenters. The molecule has 1 aliphatic rings. The standard InChI is InChI=1S/C19H28ClN7.HI/c1-21-19(22-10-4-5-11-26-14-23-24-15-26)25-16-7-6-12-27(13-16)18-9-3-2-8-17(18)20;/h2-3,8-9,14-16H,4-7,10-13H2,1H3,(H2,21,22,25);1H. The zero-order valence-electron chi connectivity index (χ0n) is 16.2. The van der Waals surface area contributed by atoms with Crippen molar-refractivity contribution in [2.45, 2.75) is 38.3 Å². The van der Waals surface area contributed by atoms with E-state index < -0.39 is 0 Å². The van der Waals surface area contributed by atoms with Crippen LogP contribution in [0.3, 0.4) is 0 Å². The third kappa shape index (κ3) is 6.80. The van der Waals surface area contributed by atoms with E-state index in [0.717, 1.165) is 68.5 Å². The van der Waals surface area contributed by atoms with E-state index in [1.807, 2.05) is 29.8 Å². The number of piperidine rings is 1. The Balaban J connectivity index is 0.00000280. The summed E-state index contributed by atoms with van der Waals surface area (Å²) in [6, 6.07) is 8.42. The van der Waals surface area contributed by atoms with Crippen LogP contribution in [0.1, 0.15) is 25.7 Å². The third-order valence-corrected chi connectivity index (χ3v) is 5.10. The van der Waals surface area contributed by atoms with Crippen LogP contribution >= 0.6 is 35.6 Å². The molecule has 0 spiro atoms. The predicted octanol–water partition coefficient (Wildman–Crippen LogP) is 3.16. The van der Waals surface area contributed by atoms with Crippen molar-refractivity contribution in [1.29, 1.82) is 0 Å². The second kappa shape index (κ2) is 12.1. The van der Waals surface area contributed by atoms with E-state index in [2.05, 4.69) is 36.8 Å². The Morgan fingerprint density at radius 2 is 2.04 bits per heavy atom. The summed E-state index contributed by atoms with van der Waals surface area (Å²) >= 11 is 6.37. The SMILES string of the molecule is CN=C(NCCCCn1cnnc1)NC1CCCN(c2ccccc2Cl)C1.I. The number of nitrogens with one attached hydrogen (secondary N) is 2. The molecule has 0 amide bonds. The Labute approximate surface area is 189 Å². The maximum atomic E-state index is 6.37. The van der Waals surface area contributed by atoms with Gasteiger partial charge in [-0.15, -0.1) is 34.2 Å². The van der Waals surface area contributed by atoms with Crippen molar-refractivity contribution in [3.05, 3.63) is 41.9 Å². The van der Waals surface area contributed by atoms with Gasteiger partial charge in [0.2, 0.25) is 0 Å². The maximum Gasteiger partial charge on any atom is 0.191 e. The van der Waals surface area contributed by atoms with Crippen LogP contribution in [0, 0.1) is 0 Å². The Bertz CT molecular complexity index is 723. The van der Waals surface area contributed by atoms with Gasteiger partial charge in [-0.25, -0.2) is 0 Å². The summed E-state index contributed by atoms with van der Waals surface area (Å²) in [5, 5.41) is 15.4. The Morgan fingerprint density at radius 1 is 1.25 bits per heavy atom. The monoisotopic (exact) mass is 517 g/mol. The van der Waals surface area contributed by atoms with Gasteiger partial charge in [0, 0.05) is 39.3 Å². The van der Waals surface area contributed by atoms with Gasteiger partial charge in [-0.1, -0.05) is 23.7 Å². The number of anilines is 1. The van der Waals surface area contributed by atoms with Gasteiger partial charge < -0.3 is 20.1 Å². The minimum atomic E-state index is 0. The van der Waals surface area contributed by atoms with Gasteiger partial charge in [0.15, 0.2) is 5.96 Å². The van der Waals surface area contributed by atoms with Crippen molar-refractivity contribution in [2.75, 3.05) is 31.6 Å². The number of aromatic nitrogens is 3. The number of aryl methyl sites for hydroxylation is 1. The molecule has 0 saturated carbocycles. The van der Waals surface area contributed by atoms with Crippen LogP contribution in [0.25, 0.3) is 0 Å². The Morgan fingerprint density at radius 3 is 2.79 bits per heavy atom. The third-order valence-electron chi connectivity index (χ3n) is 4.78. The summed E-state index contributed by atoms with van der Waals surface area (Å²) in [5.74, 6) is 0.866. The fourth-order valence-electron chi connectivity index (χ4n) is 3.37. The zero-order chi connectivity index (χ0) is 18.9. The molecule has 1 atom stereocenters. The number of unbranched alkanes of at least 4 members (excludes halogenated alkanes) is 1. The van der Waals surface area contributed by atoms with Gasteiger partial charge >= 0.3 is 0 Å². The molecular weight excluding hydrogens is 489 g/mol. The zero-order valence-corrected chi connectivity index (χ0v) is 19.3. The molecular formula is C19H29ClIN7. The van der Waals surface area contributed by atoms with Crippen molar-refractivity contribution in [2.24, 2.45) is 4.99 Å². The second-order valence-electron chi connectivity index (χ2n) is 6.79. The normalized spacial score (nSPS) is 17.1. The average molecular weight is 518 g/mol. The number of halogens is 2. The van der Waals surface area contributed by atoms with E-state index in [0.29, 0.717) is 6.04 Å². The number of aliphatic imine (C=N–C) groups is 1. The summed E-state index contributed by atoms with van der Waals surface area (Å²) in [5.41, 5.74) is 1.11. The molecule has 154 valence electrons. The van der Waals surface area contributed by atoms with Crippen LogP contribution in [-0.4, -0.2) is 53.4 Å². The molecule has 1 saturated heterocycles. The topological polar surface area (TPSA) is 70.4 Å². The Hall–Kier alpha value is -1.55. The minimum Gasteiger partial charge on any atom is -0.368 e. The van der Waals surface area contributed by atoms with Gasteiger partial charge in [-0.05, 0) is 37.8 Å². The first kappa shape index (κ1) is 22.7. The summed E-state index contributed by atoms with van der Waals surface area (Å²) in [7, 11) is 1.82. The van der Waals surface area contributed by atoms with E-state index in [1.165, 1.54) is 0 Å². The van der Waals surface area contributed by atoms with Gasteiger partial charge in [-0.2, -0.15) is 0 Å². The number of para-hydroxylation sites is 1. The molecule has 0 aliphatic carbocycles. The molecule has 28 heavy (non-hydrogen) atoms. The number of guanidine groups is 1. The van der Waals surface area contributed by atoms with Crippen LogP contribution in [-0.2, 0) is 6.54 Å². The molecule has 1 aliphatic heterocycles. The van der Waals surface area contributed by atoms with E-state index in [-0.39, 0.29) is 24.0 Å². The summed E-state index contributed by atoms with van der Waals surface area (Å²) in [6.45, 7) is 3.80. The quantitative estimate of drug-likeness (QED) is 0.256. The molecule has 1 fully saturated rings. The van der Waals surface area contributed by atoms with Crippen LogP contribution in [0.5, 0.6) is 0 Å². The maximum absolute atomic E-state index is 6.37. The molecule has 9 heteroatoms. The molecule has 2 heterocycles. The highest BCUT2D eigenvalue weighted by Crippen LogP contribution is 2.27. The molecule has 7 nitrogen and oxygen atoms in total. The highest BCUT2D eigenvalue weighted by atomic mass is 127. The predicted molar refractivity (Wildman–Crippen MR) is 126 cm³/mol. The van der Waals surface area contributed by atoms with Crippen LogP contribution in [0.15, 0.2) is 41.9 Å². The Kier molecular flexibility index (Phi) is 9.83. The van der Waals surface area contributed by atoms with Crippen LogP contribution < -0.4 is 15.5 Å². The number of hydrogen-bond donors (Lipinski definition) is 2. The van der Waals surface area contributed by atoms with Gasteiger partial charge in [0.25, 0.3) is 0 Å².